The predicted molar refractivity (Wildman–Crippen MR) is 92.9 cm³/mol. The first-order valence-electron chi connectivity index (χ1n) is 8.13. The average Bonchev–Trinajstić information content (AvgIpc) is 3.25. The van der Waals surface area contributed by atoms with E-state index < -0.39 is 0 Å². The molecule has 0 amide bonds. The molecule has 1 N–H and O–H groups in total. The van der Waals surface area contributed by atoms with Crippen molar-refractivity contribution in [1.29, 1.82) is 0 Å². The molecule has 4 rings (SSSR count). The molecule has 1 saturated heterocycles. The highest BCUT2D eigenvalue weighted by atomic mass is 32.1. The van der Waals surface area contributed by atoms with E-state index in [2.05, 4.69) is 32.4 Å². The summed E-state index contributed by atoms with van der Waals surface area (Å²) in [4.78, 5) is 11.3. The van der Waals surface area contributed by atoms with Gasteiger partial charge < -0.3 is 9.84 Å². The number of thiazole rings is 1. The molecule has 1 aliphatic rings. The Labute approximate surface area is 148 Å². The van der Waals surface area contributed by atoms with E-state index in [1.165, 1.54) is 23.5 Å². The van der Waals surface area contributed by atoms with E-state index in [4.69, 9.17) is 4.52 Å². The Morgan fingerprint density at radius 2 is 2.32 bits per heavy atom. The van der Waals surface area contributed by atoms with Gasteiger partial charge in [-0.2, -0.15) is 4.98 Å². The predicted octanol–water partition coefficient (Wildman–Crippen LogP) is 2.50. The highest BCUT2D eigenvalue weighted by Gasteiger charge is 2.25. The van der Waals surface area contributed by atoms with E-state index in [0.717, 1.165) is 35.9 Å². The van der Waals surface area contributed by atoms with Crippen LogP contribution in [0.5, 0.6) is 0 Å². The lowest BCUT2D eigenvalue weighted by atomic mass is 10.2. The van der Waals surface area contributed by atoms with Crippen molar-refractivity contribution < 1.29 is 8.91 Å². The smallest absolute Gasteiger partial charge is 0.232 e. The van der Waals surface area contributed by atoms with Crippen molar-refractivity contribution in [3.63, 3.8) is 0 Å². The fourth-order valence-corrected chi connectivity index (χ4v) is 3.68. The molecule has 0 bridgehead atoms. The Kier molecular flexibility index (Phi) is 4.56. The van der Waals surface area contributed by atoms with Crippen LogP contribution in [-0.4, -0.2) is 46.7 Å². The molecule has 0 aliphatic carbocycles. The van der Waals surface area contributed by atoms with Crippen LogP contribution in [0.15, 0.2) is 34.2 Å². The topological polar surface area (TPSA) is 67.1 Å². The average molecular weight is 359 g/mol. The Morgan fingerprint density at radius 3 is 3.16 bits per heavy atom. The van der Waals surface area contributed by atoms with Crippen LogP contribution in [-0.2, 0) is 6.42 Å². The van der Waals surface area contributed by atoms with Gasteiger partial charge >= 0.3 is 0 Å². The molecule has 0 radical (unpaired) electrons. The molecule has 8 heteroatoms. The van der Waals surface area contributed by atoms with Crippen LogP contribution < -0.4 is 5.32 Å². The summed E-state index contributed by atoms with van der Waals surface area (Å²) >= 11 is 1.48. The number of hydrogen-bond donors (Lipinski definition) is 1. The van der Waals surface area contributed by atoms with Gasteiger partial charge in [0.25, 0.3) is 0 Å². The van der Waals surface area contributed by atoms with Gasteiger partial charge in [0.15, 0.2) is 5.82 Å². The summed E-state index contributed by atoms with van der Waals surface area (Å²) in [5.41, 5.74) is 1.62. The monoisotopic (exact) mass is 359 g/mol. The maximum Gasteiger partial charge on any atom is 0.232 e. The maximum absolute atomic E-state index is 13.4. The van der Waals surface area contributed by atoms with Crippen molar-refractivity contribution in [2.24, 2.45) is 0 Å². The first-order chi connectivity index (χ1) is 12.2. The minimum atomic E-state index is -0.263. The minimum absolute atomic E-state index is 0.129. The second kappa shape index (κ2) is 6.99. The zero-order chi connectivity index (χ0) is 17.2. The van der Waals surface area contributed by atoms with E-state index in [1.54, 1.807) is 6.07 Å². The van der Waals surface area contributed by atoms with Crippen molar-refractivity contribution in [2.75, 3.05) is 26.7 Å². The number of likely N-dealkylation sites (N-methyl/N-ethyl adjacent to an activating group) is 1. The van der Waals surface area contributed by atoms with E-state index in [0.29, 0.717) is 18.1 Å². The third kappa shape index (κ3) is 3.60. The number of piperazine rings is 1. The van der Waals surface area contributed by atoms with Gasteiger partial charge in [-0.25, -0.2) is 9.37 Å². The third-order valence-corrected chi connectivity index (χ3v) is 5.19. The summed E-state index contributed by atoms with van der Waals surface area (Å²) in [6.45, 7) is 2.74. The molecule has 2 aromatic heterocycles. The molecule has 1 aromatic carbocycles. The molecule has 1 aliphatic heterocycles. The van der Waals surface area contributed by atoms with Crippen LogP contribution in [0.1, 0.15) is 23.5 Å². The van der Waals surface area contributed by atoms with E-state index in [9.17, 15) is 4.39 Å². The largest absolute Gasteiger partial charge is 0.339 e. The third-order valence-electron chi connectivity index (χ3n) is 4.25. The fourth-order valence-electron chi connectivity index (χ4n) is 2.87. The second-order valence-electron chi connectivity index (χ2n) is 6.08. The molecule has 3 aromatic rings. The fraction of sp³-hybridized carbons (Fsp3) is 0.353. The first-order valence-corrected chi connectivity index (χ1v) is 9.01. The van der Waals surface area contributed by atoms with Crippen molar-refractivity contribution in [2.45, 2.75) is 12.5 Å². The minimum Gasteiger partial charge on any atom is -0.339 e. The SMILES string of the molecule is CN1CCNCC1c1noc(Cc2csc(-c3cccc(F)c3)n2)n1. The summed E-state index contributed by atoms with van der Waals surface area (Å²) in [6.07, 6.45) is 0.475. The molecular formula is C17H18FN5OS. The Bertz CT molecular complexity index is 864. The molecule has 0 spiro atoms. The summed E-state index contributed by atoms with van der Waals surface area (Å²) < 4.78 is 18.7. The maximum atomic E-state index is 13.4. The van der Waals surface area contributed by atoms with E-state index in [1.807, 2.05) is 11.4 Å². The summed E-state index contributed by atoms with van der Waals surface area (Å²) in [5.74, 6) is 0.983. The highest BCUT2D eigenvalue weighted by Crippen LogP contribution is 2.25. The number of nitrogens with one attached hydrogen (secondary N) is 1. The number of halogens is 1. The molecule has 130 valence electrons. The highest BCUT2D eigenvalue weighted by molar-refractivity contribution is 7.13. The number of rotatable bonds is 4. The molecule has 1 fully saturated rings. The number of hydrogen-bond acceptors (Lipinski definition) is 7. The van der Waals surface area contributed by atoms with Gasteiger partial charge in [-0.15, -0.1) is 11.3 Å². The molecule has 3 heterocycles. The van der Waals surface area contributed by atoms with Crippen LogP contribution >= 0.6 is 11.3 Å². The quantitative estimate of drug-likeness (QED) is 0.772. The standard InChI is InChI=1S/C17H18FN5OS/c1-23-6-5-19-9-14(23)16-21-15(24-22-16)8-13-10-25-17(20-13)11-3-2-4-12(18)7-11/h2-4,7,10,14,19H,5-6,8-9H2,1H3. The first kappa shape index (κ1) is 16.3. The molecule has 25 heavy (non-hydrogen) atoms. The zero-order valence-corrected chi connectivity index (χ0v) is 14.6. The molecule has 1 atom stereocenters. The Morgan fingerprint density at radius 1 is 1.40 bits per heavy atom. The van der Waals surface area contributed by atoms with Crippen molar-refractivity contribution in [1.82, 2.24) is 25.3 Å². The van der Waals surface area contributed by atoms with Crippen molar-refractivity contribution >= 4 is 11.3 Å². The van der Waals surface area contributed by atoms with Crippen molar-refractivity contribution in [3.05, 3.63) is 52.9 Å². The van der Waals surface area contributed by atoms with Crippen LogP contribution in [0.4, 0.5) is 4.39 Å². The molecular weight excluding hydrogens is 341 g/mol. The summed E-state index contributed by atoms with van der Waals surface area (Å²) in [6, 6.07) is 6.58. The lowest BCUT2D eigenvalue weighted by Crippen LogP contribution is -2.44. The van der Waals surface area contributed by atoms with Crippen LogP contribution in [0.2, 0.25) is 0 Å². The summed E-state index contributed by atoms with van der Waals surface area (Å²) in [5, 5.41) is 10.2. The number of benzene rings is 1. The van der Waals surface area contributed by atoms with Crippen LogP contribution in [0, 0.1) is 5.82 Å². The zero-order valence-electron chi connectivity index (χ0n) is 13.8. The Hall–Kier alpha value is -2.16. The van der Waals surface area contributed by atoms with Gasteiger partial charge in [0, 0.05) is 30.6 Å². The number of aromatic nitrogens is 3. The van der Waals surface area contributed by atoms with Crippen LogP contribution in [0.3, 0.4) is 0 Å². The molecule has 0 saturated carbocycles. The van der Waals surface area contributed by atoms with E-state index in [-0.39, 0.29) is 11.9 Å². The molecule has 6 nitrogen and oxygen atoms in total. The van der Waals surface area contributed by atoms with Gasteiger partial charge in [-0.3, -0.25) is 4.90 Å². The van der Waals surface area contributed by atoms with Gasteiger partial charge in [0.2, 0.25) is 5.89 Å². The second-order valence-corrected chi connectivity index (χ2v) is 6.94. The normalized spacial score (nSPS) is 18.6. The van der Waals surface area contributed by atoms with Crippen LogP contribution in [0.25, 0.3) is 10.6 Å². The molecule has 1 unspecified atom stereocenters. The summed E-state index contributed by atoms with van der Waals surface area (Å²) in [7, 11) is 2.06. The lowest BCUT2D eigenvalue weighted by molar-refractivity contribution is 0.190. The van der Waals surface area contributed by atoms with Crippen molar-refractivity contribution in [3.8, 4) is 10.6 Å². The lowest BCUT2D eigenvalue weighted by Gasteiger charge is -2.30. The number of nitrogens with zero attached hydrogens (tertiary/aromatic N) is 4. The Balaban J connectivity index is 1.48. The van der Waals surface area contributed by atoms with Gasteiger partial charge in [-0.05, 0) is 19.2 Å². The van der Waals surface area contributed by atoms with E-state index >= 15 is 0 Å². The van der Waals surface area contributed by atoms with Gasteiger partial charge in [0.1, 0.15) is 10.8 Å². The van der Waals surface area contributed by atoms with Gasteiger partial charge in [-0.1, -0.05) is 17.3 Å². The van der Waals surface area contributed by atoms with Gasteiger partial charge in [0.05, 0.1) is 18.2 Å².